The van der Waals surface area contributed by atoms with Crippen molar-refractivity contribution < 1.29 is 9.21 Å². The first-order valence-electron chi connectivity index (χ1n) is 11.5. The number of hydrogen-bond donors (Lipinski definition) is 1. The normalized spacial score (nSPS) is 11.4. The Kier molecular flexibility index (Phi) is 7.19. The van der Waals surface area contributed by atoms with E-state index >= 15 is 0 Å². The molecule has 4 aromatic carbocycles. The molecule has 0 saturated heterocycles. The molecule has 6 nitrogen and oxygen atoms in total. The van der Waals surface area contributed by atoms with E-state index in [1.165, 1.54) is 4.90 Å². The Labute approximate surface area is 217 Å². The van der Waals surface area contributed by atoms with Gasteiger partial charge in [0.15, 0.2) is 0 Å². The van der Waals surface area contributed by atoms with E-state index in [0.29, 0.717) is 23.3 Å². The van der Waals surface area contributed by atoms with Crippen molar-refractivity contribution in [2.45, 2.75) is 13.1 Å². The molecule has 1 aromatic heterocycles. The van der Waals surface area contributed by atoms with Gasteiger partial charge in [0.2, 0.25) is 5.55 Å². The number of benzene rings is 4. The summed E-state index contributed by atoms with van der Waals surface area (Å²) in [7, 11) is 0. The van der Waals surface area contributed by atoms with Gasteiger partial charge in [-0.2, -0.15) is 4.98 Å². The van der Waals surface area contributed by atoms with Crippen LogP contribution in [0.4, 0.5) is 16.5 Å². The third kappa shape index (κ3) is 5.53. The summed E-state index contributed by atoms with van der Waals surface area (Å²) < 4.78 is 7.06. The second-order valence-electron chi connectivity index (χ2n) is 8.10. The maximum atomic E-state index is 13.5. The van der Waals surface area contributed by atoms with Gasteiger partial charge in [0, 0.05) is 11.0 Å². The second kappa shape index (κ2) is 11.0. The van der Waals surface area contributed by atoms with Crippen molar-refractivity contribution in [1.29, 1.82) is 0 Å². The lowest BCUT2D eigenvalue weighted by Crippen LogP contribution is -2.40. The van der Waals surface area contributed by atoms with Crippen LogP contribution in [0.15, 0.2) is 123 Å². The molecule has 178 valence electrons. The molecule has 0 atom stereocenters. The van der Waals surface area contributed by atoms with Crippen LogP contribution in [0.1, 0.15) is 11.1 Å². The van der Waals surface area contributed by atoms with Crippen LogP contribution in [0.25, 0.3) is 10.9 Å². The van der Waals surface area contributed by atoms with E-state index < -0.39 is 0 Å². The van der Waals surface area contributed by atoms with Crippen LogP contribution in [0.2, 0.25) is 0 Å². The minimum Gasteiger partial charge on any atom is -0.406 e. The molecular formula is C29H23BrN4O2. The van der Waals surface area contributed by atoms with E-state index in [1.807, 2.05) is 109 Å². The Morgan fingerprint density at radius 3 is 2.22 bits per heavy atom. The molecule has 0 aliphatic rings. The van der Waals surface area contributed by atoms with Gasteiger partial charge in [0.1, 0.15) is 0 Å². The molecule has 0 aliphatic carbocycles. The molecule has 5 rings (SSSR count). The van der Waals surface area contributed by atoms with Crippen molar-refractivity contribution in [2.75, 3.05) is 4.90 Å². The Balaban J connectivity index is 1.59. The van der Waals surface area contributed by atoms with Gasteiger partial charge in [-0.3, -0.25) is 0 Å². The average molecular weight is 539 g/mol. The summed E-state index contributed by atoms with van der Waals surface area (Å²) in [4.78, 5) is 24.4. The van der Waals surface area contributed by atoms with Gasteiger partial charge in [0.05, 0.1) is 23.1 Å². The lowest BCUT2D eigenvalue weighted by molar-refractivity contribution is 0.243. The molecule has 36 heavy (non-hydrogen) atoms. The number of urea groups is 1. The Morgan fingerprint density at radius 1 is 0.833 bits per heavy atom. The van der Waals surface area contributed by atoms with Crippen LogP contribution >= 0.6 is 15.9 Å². The van der Waals surface area contributed by atoms with Crippen molar-refractivity contribution in [2.24, 2.45) is 4.99 Å². The first-order chi connectivity index (χ1) is 17.7. The molecule has 0 radical (unpaired) electrons. The van der Waals surface area contributed by atoms with Crippen molar-refractivity contribution in [3.8, 4) is 0 Å². The number of fused-ring (bicyclic) bond motifs is 1. The highest BCUT2D eigenvalue weighted by Crippen LogP contribution is 2.25. The fourth-order valence-electron chi connectivity index (χ4n) is 3.73. The zero-order chi connectivity index (χ0) is 24.7. The number of rotatable bonds is 6. The molecule has 0 unspecified atom stereocenters. The zero-order valence-electron chi connectivity index (χ0n) is 19.3. The van der Waals surface area contributed by atoms with Crippen molar-refractivity contribution in [3.05, 3.63) is 130 Å². The van der Waals surface area contributed by atoms with Gasteiger partial charge >= 0.3 is 12.0 Å². The summed E-state index contributed by atoms with van der Waals surface area (Å²) in [6.07, 6.45) is 0. The quantitative estimate of drug-likeness (QED) is 0.260. The van der Waals surface area contributed by atoms with Crippen molar-refractivity contribution >= 4 is 44.6 Å². The van der Waals surface area contributed by atoms with Crippen molar-refractivity contribution in [1.82, 2.24) is 10.3 Å². The number of aromatic nitrogens is 1. The number of anilines is 1. The van der Waals surface area contributed by atoms with Crippen LogP contribution in [0, 0.1) is 0 Å². The highest BCUT2D eigenvalue weighted by molar-refractivity contribution is 9.10. The van der Waals surface area contributed by atoms with Gasteiger partial charge in [-0.15, -0.1) is 0 Å². The predicted octanol–water partition coefficient (Wildman–Crippen LogP) is 6.74. The largest absolute Gasteiger partial charge is 0.406 e. The molecule has 0 bridgehead atoms. The monoisotopic (exact) mass is 538 g/mol. The minimum atomic E-state index is -0.318. The van der Waals surface area contributed by atoms with E-state index in [1.54, 1.807) is 0 Å². The minimum absolute atomic E-state index is 0.161. The smallest absolute Gasteiger partial charge is 0.326 e. The van der Waals surface area contributed by atoms with E-state index in [2.05, 4.69) is 21.2 Å². The summed E-state index contributed by atoms with van der Waals surface area (Å²) >= 11 is 3.55. The molecule has 5 aromatic rings. The van der Waals surface area contributed by atoms with E-state index in [-0.39, 0.29) is 18.6 Å². The summed E-state index contributed by atoms with van der Waals surface area (Å²) in [5.41, 5.74) is 3.71. The van der Waals surface area contributed by atoms with Crippen LogP contribution < -0.4 is 15.8 Å². The van der Waals surface area contributed by atoms with Gasteiger partial charge in [-0.25, -0.2) is 14.7 Å². The molecule has 1 N–H and O–H groups in total. The number of carbonyl (C=O) groups is 1. The Morgan fingerprint density at radius 2 is 1.47 bits per heavy atom. The zero-order valence-corrected chi connectivity index (χ0v) is 20.9. The van der Waals surface area contributed by atoms with Crippen molar-refractivity contribution in [3.63, 3.8) is 0 Å². The van der Waals surface area contributed by atoms with Gasteiger partial charge in [0.25, 0.3) is 0 Å². The fourth-order valence-corrected chi connectivity index (χ4v) is 4.10. The molecule has 0 aliphatic heterocycles. The number of hydrogen-bond acceptors (Lipinski definition) is 4. The highest BCUT2D eigenvalue weighted by Gasteiger charge is 2.21. The van der Waals surface area contributed by atoms with Crippen LogP contribution in [-0.2, 0) is 13.1 Å². The summed E-state index contributed by atoms with van der Waals surface area (Å²) in [6, 6.07) is 34.6. The Bertz CT molecular complexity index is 1550. The van der Waals surface area contributed by atoms with Crippen LogP contribution in [0.5, 0.6) is 0 Å². The number of carbonyl (C=O) groups excluding carboxylic acids is 1. The standard InChI is InChI=1S/C29H23BrN4O2/c30-24-16-8-10-18-26(24)32-27-23-15-7-9-17-25(23)33-29(36-27)34(20-22-13-5-2-6-14-22)28(35)31-19-21-11-3-1-4-12-21/h1-18H,19-20H2,(H,31,35). The summed E-state index contributed by atoms with van der Waals surface area (Å²) in [5.74, 6) is 0. The van der Waals surface area contributed by atoms with Gasteiger partial charge in [-0.1, -0.05) is 84.9 Å². The van der Waals surface area contributed by atoms with E-state index in [0.717, 1.165) is 21.0 Å². The van der Waals surface area contributed by atoms with Crippen LogP contribution in [-0.4, -0.2) is 11.0 Å². The molecule has 0 fully saturated rings. The SMILES string of the molecule is O=C(NCc1ccccc1)N(Cc1ccccc1)c1nc2ccccc2c(=Nc2ccccc2Br)o1. The van der Waals surface area contributed by atoms with Crippen LogP contribution in [0.3, 0.4) is 0 Å². The maximum Gasteiger partial charge on any atom is 0.326 e. The third-order valence-corrected chi connectivity index (χ3v) is 6.23. The molecule has 0 spiro atoms. The highest BCUT2D eigenvalue weighted by atomic mass is 79.9. The third-order valence-electron chi connectivity index (χ3n) is 5.56. The van der Waals surface area contributed by atoms with E-state index in [4.69, 9.17) is 14.4 Å². The lowest BCUT2D eigenvalue weighted by atomic mass is 10.2. The Hall–Kier alpha value is -4.23. The molecule has 2 amide bonds. The predicted molar refractivity (Wildman–Crippen MR) is 145 cm³/mol. The summed E-state index contributed by atoms with van der Waals surface area (Å²) in [5, 5.41) is 3.74. The lowest BCUT2D eigenvalue weighted by Gasteiger charge is -2.21. The number of nitrogens with one attached hydrogen (secondary N) is 1. The molecule has 1 heterocycles. The van der Waals surface area contributed by atoms with Gasteiger partial charge < -0.3 is 9.73 Å². The molecule has 0 saturated carbocycles. The maximum absolute atomic E-state index is 13.5. The molecular weight excluding hydrogens is 516 g/mol. The number of nitrogens with zero attached hydrogens (tertiary/aromatic N) is 3. The number of halogens is 1. The first-order valence-corrected chi connectivity index (χ1v) is 12.3. The average Bonchev–Trinajstić information content (AvgIpc) is 2.93. The number of para-hydroxylation sites is 2. The second-order valence-corrected chi connectivity index (χ2v) is 8.95. The first kappa shape index (κ1) is 23.5. The number of amides is 2. The topological polar surface area (TPSA) is 70.7 Å². The fraction of sp³-hybridized carbons (Fsp3) is 0.0690. The van der Waals surface area contributed by atoms with E-state index in [9.17, 15) is 4.79 Å². The van der Waals surface area contributed by atoms with Gasteiger partial charge in [-0.05, 0) is 51.3 Å². The molecule has 7 heteroatoms. The summed E-state index contributed by atoms with van der Waals surface area (Å²) in [6.45, 7) is 0.664.